The highest BCUT2D eigenvalue weighted by atomic mass is 16.2. The molecular formula is C20H26N4O3. The Kier molecular flexibility index (Phi) is 4.74. The molecule has 1 unspecified atom stereocenters. The minimum absolute atomic E-state index is 0.0878. The van der Waals surface area contributed by atoms with Crippen LogP contribution >= 0.6 is 0 Å². The lowest BCUT2D eigenvalue weighted by Gasteiger charge is -2.29. The van der Waals surface area contributed by atoms with E-state index in [1.165, 1.54) is 0 Å². The van der Waals surface area contributed by atoms with Crippen LogP contribution in [-0.2, 0) is 22.7 Å². The van der Waals surface area contributed by atoms with Gasteiger partial charge in [0.1, 0.15) is 6.04 Å². The monoisotopic (exact) mass is 370 g/mol. The van der Waals surface area contributed by atoms with Crippen molar-refractivity contribution in [2.24, 2.45) is 5.73 Å². The lowest BCUT2D eigenvalue weighted by atomic mass is 10.0. The number of imide groups is 1. The van der Waals surface area contributed by atoms with Crippen LogP contribution in [0, 0.1) is 0 Å². The van der Waals surface area contributed by atoms with Gasteiger partial charge in [0.05, 0.1) is 0 Å². The van der Waals surface area contributed by atoms with Crippen molar-refractivity contribution in [1.29, 1.82) is 0 Å². The van der Waals surface area contributed by atoms with Crippen LogP contribution in [0.3, 0.4) is 0 Å². The summed E-state index contributed by atoms with van der Waals surface area (Å²) in [7, 11) is 0. The molecule has 7 heteroatoms. The van der Waals surface area contributed by atoms with Crippen molar-refractivity contribution < 1.29 is 14.4 Å². The number of hydrogen-bond donors (Lipinski definition) is 3. The van der Waals surface area contributed by atoms with Gasteiger partial charge in [0.2, 0.25) is 11.8 Å². The second-order valence-corrected chi connectivity index (χ2v) is 7.99. The normalized spacial score (nSPS) is 23.4. The molecule has 0 radical (unpaired) electrons. The van der Waals surface area contributed by atoms with E-state index in [9.17, 15) is 14.4 Å². The van der Waals surface area contributed by atoms with E-state index in [4.69, 9.17) is 5.73 Å². The first-order chi connectivity index (χ1) is 13.0. The van der Waals surface area contributed by atoms with Crippen LogP contribution in [0.2, 0.25) is 0 Å². The fraction of sp³-hybridized carbons (Fsp3) is 0.550. The summed E-state index contributed by atoms with van der Waals surface area (Å²) in [6.07, 6.45) is 5.03. The standard InChI is InChI=1S/C20H26N4O3/c21-20(8-9-20)7-2-10-22-11-13-3-1-4-14-15(13)12-24(19(14)27)16-5-6-17(25)23-18(16)26/h1,3-4,16,22H,2,5-12,21H2,(H,23,25,26). The summed E-state index contributed by atoms with van der Waals surface area (Å²) in [5.41, 5.74) is 8.93. The Labute approximate surface area is 158 Å². The predicted octanol–water partition coefficient (Wildman–Crippen LogP) is 0.809. The summed E-state index contributed by atoms with van der Waals surface area (Å²) in [5.74, 6) is -0.765. The maximum absolute atomic E-state index is 12.8. The molecule has 144 valence electrons. The molecule has 3 aliphatic rings. The van der Waals surface area contributed by atoms with Crippen LogP contribution in [-0.4, -0.2) is 40.7 Å². The molecular weight excluding hydrogens is 344 g/mol. The van der Waals surface area contributed by atoms with Gasteiger partial charge in [-0.05, 0) is 55.8 Å². The van der Waals surface area contributed by atoms with Crippen LogP contribution in [0.5, 0.6) is 0 Å². The van der Waals surface area contributed by atoms with Crippen LogP contribution in [0.25, 0.3) is 0 Å². The van der Waals surface area contributed by atoms with E-state index in [-0.39, 0.29) is 29.7 Å². The molecule has 2 aliphatic heterocycles. The van der Waals surface area contributed by atoms with Crippen molar-refractivity contribution in [2.75, 3.05) is 6.54 Å². The maximum Gasteiger partial charge on any atom is 0.255 e. The topological polar surface area (TPSA) is 105 Å². The third-order valence-corrected chi connectivity index (χ3v) is 5.91. The van der Waals surface area contributed by atoms with Crippen molar-refractivity contribution in [3.8, 4) is 0 Å². The number of rotatable bonds is 7. The Bertz CT molecular complexity index is 787. The molecule has 4 rings (SSSR count). The molecule has 1 atom stereocenters. The summed E-state index contributed by atoms with van der Waals surface area (Å²) < 4.78 is 0. The van der Waals surface area contributed by atoms with Gasteiger partial charge in [-0.25, -0.2) is 0 Å². The first kappa shape index (κ1) is 18.1. The number of nitrogens with one attached hydrogen (secondary N) is 2. The number of nitrogens with two attached hydrogens (primary N) is 1. The van der Waals surface area contributed by atoms with Crippen molar-refractivity contribution >= 4 is 17.7 Å². The lowest BCUT2D eigenvalue weighted by Crippen LogP contribution is -2.52. The SMILES string of the molecule is NC1(CCCNCc2cccc3c2CN(C2CCC(=O)NC2=O)C3=O)CC1. The van der Waals surface area contributed by atoms with E-state index in [2.05, 4.69) is 10.6 Å². The number of fused-ring (bicyclic) bond motifs is 1. The molecule has 0 spiro atoms. The summed E-state index contributed by atoms with van der Waals surface area (Å²) in [5, 5.41) is 5.79. The van der Waals surface area contributed by atoms with E-state index < -0.39 is 6.04 Å². The quantitative estimate of drug-likeness (QED) is 0.487. The van der Waals surface area contributed by atoms with Crippen LogP contribution in [0.15, 0.2) is 18.2 Å². The summed E-state index contributed by atoms with van der Waals surface area (Å²) in [6.45, 7) is 2.01. The largest absolute Gasteiger partial charge is 0.325 e. The minimum atomic E-state index is -0.567. The van der Waals surface area contributed by atoms with Gasteiger partial charge >= 0.3 is 0 Å². The van der Waals surface area contributed by atoms with Crippen molar-refractivity contribution in [2.45, 2.75) is 63.2 Å². The van der Waals surface area contributed by atoms with E-state index >= 15 is 0 Å². The number of benzene rings is 1. The maximum atomic E-state index is 12.8. The highest BCUT2D eigenvalue weighted by molar-refractivity contribution is 6.05. The Morgan fingerprint density at radius 1 is 1.26 bits per heavy atom. The lowest BCUT2D eigenvalue weighted by molar-refractivity contribution is -0.136. The van der Waals surface area contributed by atoms with Gasteiger partial charge in [0.15, 0.2) is 0 Å². The molecule has 4 N–H and O–H groups in total. The number of carbonyl (C=O) groups excluding carboxylic acids is 3. The van der Waals surface area contributed by atoms with Gasteiger partial charge in [-0.3, -0.25) is 19.7 Å². The fourth-order valence-corrected chi connectivity index (χ4v) is 4.01. The molecule has 7 nitrogen and oxygen atoms in total. The smallest absolute Gasteiger partial charge is 0.255 e. The summed E-state index contributed by atoms with van der Waals surface area (Å²) in [4.78, 5) is 37.9. The van der Waals surface area contributed by atoms with E-state index in [0.717, 1.165) is 43.4 Å². The van der Waals surface area contributed by atoms with Gasteiger partial charge in [-0.1, -0.05) is 12.1 Å². The second-order valence-electron chi connectivity index (χ2n) is 7.99. The molecule has 1 aromatic rings. The van der Waals surface area contributed by atoms with Gasteiger partial charge in [-0.15, -0.1) is 0 Å². The molecule has 2 heterocycles. The average molecular weight is 370 g/mol. The second kappa shape index (κ2) is 7.05. The number of hydrogen-bond acceptors (Lipinski definition) is 5. The van der Waals surface area contributed by atoms with Gasteiger partial charge in [0, 0.05) is 30.6 Å². The number of piperidine rings is 1. The Balaban J connectivity index is 1.38. The molecule has 1 saturated heterocycles. The van der Waals surface area contributed by atoms with Gasteiger partial charge < -0.3 is 16.0 Å². The molecule has 1 aliphatic carbocycles. The third-order valence-electron chi connectivity index (χ3n) is 5.91. The molecule has 3 amide bonds. The zero-order valence-corrected chi connectivity index (χ0v) is 15.4. The van der Waals surface area contributed by atoms with Gasteiger partial charge in [-0.2, -0.15) is 0 Å². The highest BCUT2D eigenvalue weighted by Crippen LogP contribution is 2.36. The third kappa shape index (κ3) is 3.75. The molecule has 27 heavy (non-hydrogen) atoms. The first-order valence-corrected chi connectivity index (χ1v) is 9.72. The zero-order chi connectivity index (χ0) is 19.0. The van der Waals surface area contributed by atoms with Crippen LogP contribution in [0.1, 0.15) is 60.0 Å². The molecule has 1 saturated carbocycles. The van der Waals surface area contributed by atoms with E-state index in [1.54, 1.807) is 4.90 Å². The highest BCUT2D eigenvalue weighted by Gasteiger charge is 2.39. The van der Waals surface area contributed by atoms with E-state index in [1.807, 2.05) is 18.2 Å². The molecule has 0 bridgehead atoms. The van der Waals surface area contributed by atoms with E-state index in [0.29, 0.717) is 25.1 Å². The van der Waals surface area contributed by atoms with Crippen molar-refractivity contribution in [3.05, 3.63) is 34.9 Å². The van der Waals surface area contributed by atoms with Crippen LogP contribution in [0.4, 0.5) is 0 Å². The predicted molar refractivity (Wildman–Crippen MR) is 99.6 cm³/mol. The first-order valence-electron chi connectivity index (χ1n) is 9.72. The number of carbonyl (C=O) groups is 3. The Morgan fingerprint density at radius 2 is 2.07 bits per heavy atom. The van der Waals surface area contributed by atoms with Crippen molar-refractivity contribution in [3.63, 3.8) is 0 Å². The molecule has 2 fully saturated rings. The average Bonchev–Trinajstić information content (AvgIpc) is 3.28. The summed E-state index contributed by atoms with van der Waals surface area (Å²) in [6, 6.07) is 5.17. The van der Waals surface area contributed by atoms with Gasteiger partial charge in [0.25, 0.3) is 5.91 Å². The molecule has 1 aromatic carbocycles. The number of amides is 3. The fourth-order valence-electron chi connectivity index (χ4n) is 4.01. The summed E-state index contributed by atoms with van der Waals surface area (Å²) >= 11 is 0. The number of nitrogens with zero attached hydrogens (tertiary/aromatic N) is 1. The zero-order valence-electron chi connectivity index (χ0n) is 15.4. The van der Waals surface area contributed by atoms with Crippen LogP contribution < -0.4 is 16.4 Å². The Hall–Kier alpha value is -2.25. The van der Waals surface area contributed by atoms with Crippen molar-refractivity contribution in [1.82, 2.24) is 15.5 Å². The molecule has 0 aromatic heterocycles. The minimum Gasteiger partial charge on any atom is -0.325 e. The Morgan fingerprint density at radius 3 is 2.81 bits per heavy atom.